The summed E-state index contributed by atoms with van der Waals surface area (Å²) in [6, 6.07) is 3.54. The number of nitrogens with one attached hydrogen (secondary N) is 1. The molecule has 0 radical (unpaired) electrons. The average molecular weight is 315 g/mol. The van der Waals surface area contributed by atoms with E-state index in [1.165, 1.54) is 0 Å². The number of halogens is 1. The van der Waals surface area contributed by atoms with Crippen LogP contribution in [0.4, 0.5) is 0 Å². The number of hydrogen-bond acceptors (Lipinski definition) is 3. The molecule has 0 spiro atoms. The summed E-state index contributed by atoms with van der Waals surface area (Å²) < 4.78 is 6.24. The van der Waals surface area contributed by atoms with Crippen LogP contribution >= 0.6 is 15.9 Å². The zero-order valence-corrected chi connectivity index (χ0v) is 12.4. The Morgan fingerprint density at radius 3 is 2.67 bits per heavy atom. The highest BCUT2D eigenvalue weighted by Crippen LogP contribution is 2.11. The van der Waals surface area contributed by atoms with Gasteiger partial charge in [0.1, 0.15) is 5.76 Å². The Labute approximate surface area is 116 Å². The lowest BCUT2D eigenvalue weighted by atomic mass is 10.3. The first-order valence-electron chi connectivity index (χ1n) is 5.99. The lowest BCUT2D eigenvalue weighted by Gasteiger charge is -2.15. The number of nitrogens with zero attached hydrogens (tertiary/aromatic N) is 1. The van der Waals surface area contributed by atoms with E-state index >= 15 is 0 Å². The Bertz CT molecular complexity index is 411. The molecule has 1 rings (SSSR count). The summed E-state index contributed by atoms with van der Waals surface area (Å²) in [5.41, 5.74) is 0. The fourth-order valence-electron chi connectivity index (χ4n) is 1.52. The maximum atomic E-state index is 11.7. The summed E-state index contributed by atoms with van der Waals surface area (Å²) in [6.07, 6.45) is 0. The van der Waals surface area contributed by atoms with E-state index in [0.717, 1.165) is 29.9 Å². The van der Waals surface area contributed by atoms with E-state index in [1.54, 1.807) is 6.07 Å². The highest BCUT2D eigenvalue weighted by atomic mass is 79.9. The molecule has 1 aromatic heterocycles. The summed E-state index contributed by atoms with van der Waals surface area (Å²) >= 11 is 3.19. The Balaban J connectivity index is 2.57. The van der Waals surface area contributed by atoms with Gasteiger partial charge in [-0.15, -0.1) is 0 Å². The van der Waals surface area contributed by atoms with Gasteiger partial charge in [0.2, 0.25) is 0 Å². The van der Waals surface area contributed by atoms with Crippen LogP contribution < -0.4 is 5.32 Å². The lowest BCUT2D eigenvalue weighted by Crippen LogP contribution is -2.24. The summed E-state index contributed by atoms with van der Waals surface area (Å²) in [5.74, 6) is 0.925. The monoisotopic (exact) mass is 314 g/mol. The van der Waals surface area contributed by atoms with Gasteiger partial charge < -0.3 is 9.73 Å². The molecule has 1 heterocycles. The zero-order chi connectivity index (χ0) is 13.5. The van der Waals surface area contributed by atoms with Crippen LogP contribution in [0.2, 0.25) is 0 Å². The molecule has 0 aliphatic rings. The van der Waals surface area contributed by atoms with Crippen LogP contribution in [-0.4, -0.2) is 30.4 Å². The topological polar surface area (TPSA) is 45.5 Å². The highest BCUT2D eigenvalue weighted by Gasteiger charge is 2.12. The summed E-state index contributed by atoms with van der Waals surface area (Å²) in [4.78, 5) is 13.9. The predicted molar refractivity (Wildman–Crippen MR) is 75.7 cm³/mol. The number of carbonyl (C=O) groups excluding carboxylic acids is 1. The second kappa shape index (κ2) is 7.38. The van der Waals surface area contributed by atoms with E-state index in [4.69, 9.17) is 4.42 Å². The van der Waals surface area contributed by atoms with Crippen molar-refractivity contribution in [3.8, 4) is 0 Å². The van der Waals surface area contributed by atoms with Crippen LogP contribution in [0, 0.1) is 0 Å². The molecule has 100 valence electrons. The molecule has 0 atom stereocenters. The van der Waals surface area contributed by atoms with E-state index < -0.39 is 0 Å². The molecule has 0 aliphatic carbocycles. The van der Waals surface area contributed by atoms with Crippen molar-refractivity contribution in [1.29, 1.82) is 0 Å². The molecule has 1 amide bonds. The molecule has 0 aliphatic heterocycles. The van der Waals surface area contributed by atoms with E-state index in [0.29, 0.717) is 12.3 Å². The third-order valence-corrected chi connectivity index (χ3v) is 2.88. The van der Waals surface area contributed by atoms with Gasteiger partial charge in [0.25, 0.3) is 5.91 Å². The first-order chi connectivity index (χ1) is 8.56. The van der Waals surface area contributed by atoms with Crippen LogP contribution in [0.15, 0.2) is 27.6 Å². The van der Waals surface area contributed by atoms with Gasteiger partial charge in [0, 0.05) is 11.0 Å². The fraction of sp³-hybridized carbons (Fsp3) is 0.462. The lowest BCUT2D eigenvalue weighted by molar-refractivity contribution is 0.0926. The van der Waals surface area contributed by atoms with Gasteiger partial charge in [-0.25, -0.2) is 0 Å². The number of carbonyl (C=O) groups is 1. The smallest absolute Gasteiger partial charge is 0.287 e. The van der Waals surface area contributed by atoms with Gasteiger partial charge in [-0.05, 0) is 25.2 Å². The van der Waals surface area contributed by atoms with Gasteiger partial charge in [-0.2, -0.15) is 0 Å². The number of hydrogen-bond donors (Lipinski definition) is 1. The molecule has 5 heteroatoms. The molecule has 1 aromatic rings. The molecule has 4 nitrogen and oxygen atoms in total. The molecule has 0 fully saturated rings. The van der Waals surface area contributed by atoms with Crippen molar-refractivity contribution in [2.75, 3.05) is 19.6 Å². The van der Waals surface area contributed by atoms with Gasteiger partial charge in [0.15, 0.2) is 5.76 Å². The minimum Gasteiger partial charge on any atom is -0.455 e. The first kappa shape index (κ1) is 15.0. The Hall–Kier alpha value is -1.07. The molecular weight excluding hydrogens is 296 g/mol. The molecule has 0 unspecified atom stereocenters. The van der Waals surface area contributed by atoms with E-state index in [1.807, 2.05) is 6.07 Å². The van der Waals surface area contributed by atoms with E-state index in [9.17, 15) is 4.79 Å². The minimum absolute atomic E-state index is 0.221. The third kappa shape index (κ3) is 4.66. The van der Waals surface area contributed by atoms with E-state index in [-0.39, 0.29) is 5.91 Å². The van der Waals surface area contributed by atoms with Crippen LogP contribution in [0.25, 0.3) is 0 Å². The minimum atomic E-state index is -0.221. The fourth-order valence-corrected chi connectivity index (χ4v) is 1.66. The number of amides is 1. The largest absolute Gasteiger partial charge is 0.455 e. The average Bonchev–Trinajstić information content (AvgIpc) is 2.81. The van der Waals surface area contributed by atoms with Crippen LogP contribution in [-0.2, 0) is 6.54 Å². The quantitative estimate of drug-likeness (QED) is 0.841. The van der Waals surface area contributed by atoms with Crippen molar-refractivity contribution in [1.82, 2.24) is 10.2 Å². The number of furan rings is 1. The van der Waals surface area contributed by atoms with Gasteiger partial charge in [-0.1, -0.05) is 36.4 Å². The summed E-state index contributed by atoms with van der Waals surface area (Å²) in [6.45, 7) is 10.9. The van der Waals surface area contributed by atoms with Crippen molar-refractivity contribution in [3.63, 3.8) is 0 Å². The maximum Gasteiger partial charge on any atom is 0.287 e. The van der Waals surface area contributed by atoms with Gasteiger partial charge in [0.05, 0.1) is 6.54 Å². The van der Waals surface area contributed by atoms with Crippen LogP contribution in [0.1, 0.15) is 30.2 Å². The second-order valence-electron chi connectivity index (χ2n) is 3.93. The van der Waals surface area contributed by atoms with Gasteiger partial charge >= 0.3 is 0 Å². The Morgan fingerprint density at radius 1 is 1.44 bits per heavy atom. The maximum absolute atomic E-state index is 11.7. The standard InChI is InChI=1S/C13H19BrN2O2/c1-4-16(5-2)9-11-6-7-12(18-11)13(17)15-8-10(3)14/h6-7H,3-5,8-9H2,1-2H3,(H,15,17). The Kier molecular flexibility index (Phi) is 6.15. The molecule has 0 saturated carbocycles. The molecule has 0 saturated heterocycles. The van der Waals surface area contributed by atoms with Crippen molar-refractivity contribution in [3.05, 3.63) is 34.7 Å². The van der Waals surface area contributed by atoms with E-state index in [2.05, 4.69) is 46.6 Å². The third-order valence-electron chi connectivity index (χ3n) is 2.60. The molecule has 0 bridgehead atoms. The highest BCUT2D eigenvalue weighted by molar-refractivity contribution is 9.11. The van der Waals surface area contributed by atoms with Crippen molar-refractivity contribution in [2.45, 2.75) is 20.4 Å². The molecular formula is C13H19BrN2O2. The van der Waals surface area contributed by atoms with Gasteiger partial charge in [-0.3, -0.25) is 9.69 Å². The normalized spacial score (nSPS) is 10.7. The second-order valence-corrected chi connectivity index (χ2v) is 5.05. The number of rotatable bonds is 7. The zero-order valence-electron chi connectivity index (χ0n) is 10.8. The molecule has 18 heavy (non-hydrogen) atoms. The van der Waals surface area contributed by atoms with Crippen molar-refractivity contribution < 1.29 is 9.21 Å². The predicted octanol–water partition coefficient (Wildman–Crippen LogP) is 2.76. The van der Waals surface area contributed by atoms with Crippen LogP contribution in [0.3, 0.4) is 0 Å². The van der Waals surface area contributed by atoms with Crippen LogP contribution in [0.5, 0.6) is 0 Å². The van der Waals surface area contributed by atoms with Crippen molar-refractivity contribution >= 4 is 21.8 Å². The Morgan fingerprint density at radius 2 is 2.11 bits per heavy atom. The molecule has 0 aromatic carbocycles. The summed E-state index contributed by atoms with van der Waals surface area (Å²) in [7, 11) is 0. The molecule has 1 N–H and O–H groups in total. The summed E-state index contributed by atoms with van der Waals surface area (Å²) in [5, 5.41) is 2.70. The van der Waals surface area contributed by atoms with Crippen molar-refractivity contribution in [2.24, 2.45) is 0 Å². The SMILES string of the molecule is C=C(Br)CNC(=O)c1ccc(CN(CC)CC)o1. The first-order valence-corrected chi connectivity index (χ1v) is 6.78.